The van der Waals surface area contributed by atoms with Gasteiger partial charge in [0.1, 0.15) is 18.1 Å². The van der Waals surface area contributed by atoms with E-state index < -0.39 is 60.4 Å². The molecule has 0 aromatic carbocycles. The molecule has 0 aliphatic heterocycles. The highest BCUT2D eigenvalue weighted by molar-refractivity contribution is 7.98. The first-order valence-corrected chi connectivity index (χ1v) is 11.0. The van der Waals surface area contributed by atoms with Crippen LogP contribution in [0.25, 0.3) is 0 Å². The second-order valence-electron chi connectivity index (χ2n) is 6.28. The van der Waals surface area contributed by atoms with Gasteiger partial charge in [-0.3, -0.25) is 19.2 Å². The number of carboxylic acid groups (broad SMARTS) is 1. The van der Waals surface area contributed by atoms with Crippen molar-refractivity contribution in [3.63, 3.8) is 0 Å². The van der Waals surface area contributed by atoms with Gasteiger partial charge in [-0.1, -0.05) is 0 Å². The molecule has 0 saturated carbocycles. The number of amides is 4. The number of aliphatic hydroxyl groups is 1. The van der Waals surface area contributed by atoms with Crippen molar-refractivity contribution in [2.75, 3.05) is 24.4 Å². The molecule has 9 N–H and O–H groups in total. The van der Waals surface area contributed by atoms with E-state index in [1.165, 1.54) is 11.8 Å². The van der Waals surface area contributed by atoms with Crippen LogP contribution in [0.2, 0.25) is 0 Å². The van der Waals surface area contributed by atoms with Crippen LogP contribution in [0, 0.1) is 0 Å². The van der Waals surface area contributed by atoms with Gasteiger partial charge in [-0.05, 0) is 24.9 Å². The fourth-order valence-electron chi connectivity index (χ4n) is 2.14. The molecule has 0 aliphatic rings. The maximum atomic E-state index is 12.6. The van der Waals surface area contributed by atoms with Crippen molar-refractivity contribution in [2.24, 2.45) is 11.5 Å². The van der Waals surface area contributed by atoms with Gasteiger partial charge in [0.2, 0.25) is 23.6 Å². The molecule has 14 heteroatoms. The van der Waals surface area contributed by atoms with Crippen molar-refractivity contribution < 1.29 is 34.2 Å². The minimum atomic E-state index is -1.54. The van der Waals surface area contributed by atoms with Gasteiger partial charge in [-0.25, -0.2) is 4.79 Å². The van der Waals surface area contributed by atoms with Gasteiger partial charge in [-0.2, -0.15) is 24.4 Å². The van der Waals surface area contributed by atoms with E-state index in [0.29, 0.717) is 5.75 Å². The molecule has 12 nitrogen and oxygen atoms in total. The molecule has 4 atom stereocenters. The maximum absolute atomic E-state index is 12.6. The van der Waals surface area contributed by atoms with E-state index in [0.717, 1.165) is 0 Å². The van der Waals surface area contributed by atoms with Gasteiger partial charge in [-0.15, -0.1) is 0 Å². The number of hydrogen-bond donors (Lipinski definition) is 8. The molecule has 4 unspecified atom stereocenters. The van der Waals surface area contributed by atoms with Crippen molar-refractivity contribution in [1.29, 1.82) is 0 Å². The van der Waals surface area contributed by atoms with E-state index in [-0.39, 0.29) is 25.0 Å². The third-order valence-electron chi connectivity index (χ3n) is 3.89. The van der Waals surface area contributed by atoms with E-state index in [1.807, 2.05) is 0 Å². The molecule has 172 valence electrons. The van der Waals surface area contributed by atoms with Crippen molar-refractivity contribution in [2.45, 2.75) is 43.4 Å². The van der Waals surface area contributed by atoms with Gasteiger partial charge in [0, 0.05) is 12.2 Å². The number of carbonyl (C=O) groups excluding carboxylic acids is 4. The maximum Gasteiger partial charge on any atom is 0.328 e. The Labute approximate surface area is 183 Å². The van der Waals surface area contributed by atoms with E-state index in [1.54, 1.807) is 6.26 Å². The standard InChI is InChI=1S/C16H29N5O7S2/c1-30-5-4-9(19-13(24)8(17)2-3-12(18)23)14(25)21-11(7-29)15(26)20-10(6-22)16(27)28/h8-11,22,29H,2-7,17H2,1H3,(H2,18,23)(H,19,24)(H,20,26)(H,21,25)(H,27,28). The number of aliphatic hydroxyl groups excluding tert-OH is 1. The number of nitrogens with two attached hydrogens (primary N) is 2. The van der Waals surface area contributed by atoms with Crippen LogP contribution in [0.1, 0.15) is 19.3 Å². The molecule has 0 radical (unpaired) electrons. The summed E-state index contributed by atoms with van der Waals surface area (Å²) in [6.45, 7) is -0.829. The van der Waals surface area contributed by atoms with Crippen LogP contribution in [0.5, 0.6) is 0 Å². The Kier molecular flexibility index (Phi) is 13.9. The highest BCUT2D eigenvalue weighted by Crippen LogP contribution is 2.04. The Bertz CT molecular complexity index is 623. The predicted octanol–water partition coefficient (Wildman–Crippen LogP) is -3.21. The normalized spacial score (nSPS) is 14.7. The molecule has 0 bridgehead atoms. The lowest BCUT2D eigenvalue weighted by molar-refractivity contribution is -0.143. The summed E-state index contributed by atoms with van der Waals surface area (Å²) in [5, 5.41) is 24.9. The highest BCUT2D eigenvalue weighted by Gasteiger charge is 2.29. The molecule has 0 spiro atoms. The molecule has 0 fully saturated rings. The Balaban J connectivity index is 5.09. The average molecular weight is 468 g/mol. The van der Waals surface area contributed by atoms with Crippen LogP contribution in [0.3, 0.4) is 0 Å². The number of aliphatic carboxylic acids is 1. The van der Waals surface area contributed by atoms with E-state index in [2.05, 4.69) is 28.6 Å². The van der Waals surface area contributed by atoms with Crippen molar-refractivity contribution in [3.8, 4) is 0 Å². The van der Waals surface area contributed by atoms with Crippen LogP contribution in [0.15, 0.2) is 0 Å². The molecule has 0 saturated heterocycles. The molecule has 0 aliphatic carbocycles. The summed E-state index contributed by atoms with van der Waals surface area (Å²) in [4.78, 5) is 58.8. The lowest BCUT2D eigenvalue weighted by Gasteiger charge is -2.24. The van der Waals surface area contributed by atoms with Crippen molar-refractivity contribution >= 4 is 54.0 Å². The third kappa shape index (κ3) is 10.7. The Hall–Kier alpha value is -2.03. The summed E-state index contributed by atoms with van der Waals surface area (Å²) in [5.41, 5.74) is 10.7. The number of thiol groups is 1. The molecule has 30 heavy (non-hydrogen) atoms. The molecule has 0 aromatic heterocycles. The fraction of sp³-hybridized carbons (Fsp3) is 0.688. The molecule has 0 aromatic rings. The van der Waals surface area contributed by atoms with Gasteiger partial charge in [0.15, 0.2) is 0 Å². The number of primary amides is 1. The first kappa shape index (κ1) is 28.0. The summed E-state index contributed by atoms with van der Waals surface area (Å²) in [6.07, 6.45) is 1.96. The fourth-order valence-corrected chi connectivity index (χ4v) is 2.86. The monoisotopic (exact) mass is 467 g/mol. The topological polar surface area (TPSA) is 214 Å². The number of nitrogens with one attached hydrogen (secondary N) is 3. The molecule has 0 rings (SSSR count). The second-order valence-corrected chi connectivity index (χ2v) is 7.63. The number of carboxylic acids is 1. The van der Waals surface area contributed by atoms with Gasteiger partial charge >= 0.3 is 5.97 Å². The lowest BCUT2D eigenvalue weighted by atomic mass is 10.1. The minimum absolute atomic E-state index is 0.0114. The van der Waals surface area contributed by atoms with Crippen LogP contribution in [0.4, 0.5) is 0 Å². The zero-order valence-corrected chi connectivity index (χ0v) is 18.2. The summed E-state index contributed by atoms with van der Waals surface area (Å²) >= 11 is 5.41. The largest absolute Gasteiger partial charge is 0.480 e. The Morgan fingerprint density at radius 1 is 0.967 bits per heavy atom. The second kappa shape index (κ2) is 14.9. The lowest BCUT2D eigenvalue weighted by Crippen LogP contribution is -2.58. The Morgan fingerprint density at radius 2 is 1.50 bits per heavy atom. The van der Waals surface area contributed by atoms with Crippen LogP contribution in [-0.4, -0.2) is 88.3 Å². The van der Waals surface area contributed by atoms with E-state index >= 15 is 0 Å². The number of thioether (sulfide) groups is 1. The smallest absolute Gasteiger partial charge is 0.328 e. The first-order valence-electron chi connectivity index (χ1n) is 8.95. The van der Waals surface area contributed by atoms with Crippen molar-refractivity contribution in [3.05, 3.63) is 0 Å². The van der Waals surface area contributed by atoms with Crippen molar-refractivity contribution in [1.82, 2.24) is 16.0 Å². The van der Waals surface area contributed by atoms with E-state index in [9.17, 15) is 24.0 Å². The van der Waals surface area contributed by atoms with E-state index in [4.69, 9.17) is 21.7 Å². The average Bonchev–Trinajstić information content (AvgIpc) is 2.70. The zero-order chi connectivity index (χ0) is 23.3. The van der Waals surface area contributed by atoms with Gasteiger partial charge < -0.3 is 37.6 Å². The van der Waals surface area contributed by atoms with Gasteiger partial charge in [0.25, 0.3) is 0 Å². The zero-order valence-electron chi connectivity index (χ0n) is 16.5. The Morgan fingerprint density at radius 3 is 1.97 bits per heavy atom. The SMILES string of the molecule is CSCCC(NC(=O)C(N)CCC(N)=O)C(=O)NC(CS)C(=O)NC(CO)C(=O)O. The predicted molar refractivity (Wildman–Crippen MR) is 114 cm³/mol. The minimum Gasteiger partial charge on any atom is -0.480 e. The molecule has 0 heterocycles. The summed E-state index contributed by atoms with van der Waals surface area (Å²) < 4.78 is 0. The molecular formula is C16H29N5O7S2. The third-order valence-corrected chi connectivity index (χ3v) is 4.90. The van der Waals surface area contributed by atoms with Crippen LogP contribution in [-0.2, 0) is 24.0 Å². The number of rotatable bonds is 15. The van der Waals surface area contributed by atoms with Crippen LogP contribution >= 0.6 is 24.4 Å². The summed E-state index contributed by atoms with van der Waals surface area (Å²) in [6, 6.07) is -4.81. The quantitative estimate of drug-likeness (QED) is 0.114. The number of carbonyl (C=O) groups is 5. The first-order chi connectivity index (χ1) is 14.1. The molecule has 4 amide bonds. The summed E-state index contributed by atoms with van der Waals surface area (Å²) in [7, 11) is 0. The summed E-state index contributed by atoms with van der Waals surface area (Å²) in [5.74, 6) is -3.90. The highest BCUT2D eigenvalue weighted by atomic mass is 32.2. The number of hydrogen-bond acceptors (Lipinski definition) is 9. The molecular weight excluding hydrogens is 438 g/mol. The van der Waals surface area contributed by atoms with Crippen LogP contribution < -0.4 is 27.4 Å². The van der Waals surface area contributed by atoms with Gasteiger partial charge in [0.05, 0.1) is 12.6 Å².